The van der Waals surface area contributed by atoms with Gasteiger partial charge in [-0.05, 0) is 6.07 Å². The Hall–Kier alpha value is -2.38. The summed E-state index contributed by atoms with van der Waals surface area (Å²) in [6.07, 6.45) is 3.69. The van der Waals surface area contributed by atoms with Crippen molar-refractivity contribution in [1.29, 1.82) is 0 Å². The van der Waals surface area contributed by atoms with Gasteiger partial charge in [-0.3, -0.25) is 4.79 Å². The fourth-order valence-corrected chi connectivity index (χ4v) is 2.26. The van der Waals surface area contributed by atoms with Crippen molar-refractivity contribution < 1.29 is 9.59 Å². The summed E-state index contributed by atoms with van der Waals surface area (Å²) in [4.78, 5) is 37.2. The van der Waals surface area contributed by atoms with Crippen LogP contribution in [0.15, 0.2) is 18.5 Å². The zero-order valence-electron chi connectivity index (χ0n) is 13.0. The lowest BCUT2D eigenvalue weighted by molar-refractivity contribution is -0.132. The van der Waals surface area contributed by atoms with E-state index in [1.54, 1.807) is 47.3 Å². The van der Waals surface area contributed by atoms with Crippen molar-refractivity contribution in [3.63, 3.8) is 0 Å². The number of rotatable bonds is 4. The molecular formula is C14H22N6O2. The third-order valence-electron chi connectivity index (χ3n) is 3.47. The quantitative estimate of drug-likeness (QED) is 0.853. The van der Waals surface area contributed by atoms with Crippen LogP contribution in [0.2, 0.25) is 0 Å². The molecule has 0 aliphatic carbocycles. The van der Waals surface area contributed by atoms with Crippen LogP contribution in [0.4, 0.5) is 10.7 Å². The molecule has 0 aromatic carbocycles. The van der Waals surface area contributed by atoms with Crippen molar-refractivity contribution in [3.05, 3.63) is 18.5 Å². The van der Waals surface area contributed by atoms with E-state index in [1.165, 1.54) is 0 Å². The van der Waals surface area contributed by atoms with E-state index in [4.69, 9.17) is 0 Å². The highest BCUT2D eigenvalue weighted by molar-refractivity contribution is 5.78. The number of aromatic nitrogens is 2. The van der Waals surface area contributed by atoms with Gasteiger partial charge in [-0.15, -0.1) is 0 Å². The summed E-state index contributed by atoms with van der Waals surface area (Å²) in [5, 5.41) is 3.02. The molecule has 22 heavy (non-hydrogen) atoms. The third kappa shape index (κ3) is 4.31. The highest BCUT2D eigenvalue weighted by Gasteiger charge is 2.24. The van der Waals surface area contributed by atoms with E-state index in [0.29, 0.717) is 45.1 Å². The van der Waals surface area contributed by atoms with Gasteiger partial charge in [0.25, 0.3) is 0 Å². The largest absolute Gasteiger partial charge is 0.354 e. The number of urea groups is 1. The first-order valence-electron chi connectivity index (χ1n) is 7.33. The Morgan fingerprint density at radius 1 is 1.14 bits per heavy atom. The van der Waals surface area contributed by atoms with Crippen LogP contribution in [-0.4, -0.2) is 83.4 Å². The summed E-state index contributed by atoms with van der Waals surface area (Å²) in [6.45, 7) is 2.83. The van der Waals surface area contributed by atoms with Crippen molar-refractivity contribution in [3.8, 4) is 0 Å². The van der Waals surface area contributed by atoms with Crippen LogP contribution in [0, 0.1) is 0 Å². The maximum absolute atomic E-state index is 12.1. The van der Waals surface area contributed by atoms with Gasteiger partial charge in [-0.1, -0.05) is 0 Å². The van der Waals surface area contributed by atoms with Crippen molar-refractivity contribution in [2.45, 2.75) is 6.42 Å². The Labute approximate surface area is 130 Å². The lowest BCUT2D eigenvalue weighted by Crippen LogP contribution is -2.53. The Bertz CT molecular complexity index is 499. The van der Waals surface area contributed by atoms with Gasteiger partial charge in [0.2, 0.25) is 11.9 Å². The van der Waals surface area contributed by atoms with Crippen molar-refractivity contribution in [1.82, 2.24) is 24.7 Å². The predicted molar refractivity (Wildman–Crippen MR) is 82.4 cm³/mol. The predicted octanol–water partition coefficient (Wildman–Crippen LogP) is 0.104. The summed E-state index contributed by atoms with van der Waals surface area (Å²) < 4.78 is 0. The fraction of sp³-hybridized carbons (Fsp3) is 0.571. The first kappa shape index (κ1) is 16.0. The summed E-state index contributed by atoms with van der Waals surface area (Å²) in [5.41, 5.74) is 0. The van der Waals surface area contributed by atoms with Crippen molar-refractivity contribution in [2.75, 3.05) is 52.1 Å². The lowest BCUT2D eigenvalue weighted by Gasteiger charge is -2.36. The van der Waals surface area contributed by atoms with E-state index in [0.717, 1.165) is 0 Å². The zero-order chi connectivity index (χ0) is 15.9. The Morgan fingerprint density at radius 3 is 2.32 bits per heavy atom. The molecule has 1 fully saturated rings. The monoisotopic (exact) mass is 306 g/mol. The summed E-state index contributed by atoms with van der Waals surface area (Å²) in [6, 6.07) is 1.74. The van der Waals surface area contributed by atoms with Crippen LogP contribution in [-0.2, 0) is 4.79 Å². The van der Waals surface area contributed by atoms with Crippen LogP contribution in [0.25, 0.3) is 0 Å². The standard InChI is InChI=1S/C14H22N6O2/c1-18(2)14(22)20-10-8-19(9-11-20)12(21)4-7-17-13-15-5-3-6-16-13/h3,5-6H,4,7-11H2,1-2H3,(H,15,16,17). The molecule has 0 bridgehead atoms. The van der Waals surface area contributed by atoms with E-state index in [1.807, 2.05) is 0 Å². The van der Waals surface area contributed by atoms with E-state index in [-0.39, 0.29) is 11.9 Å². The van der Waals surface area contributed by atoms with Gasteiger partial charge >= 0.3 is 6.03 Å². The van der Waals surface area contributed by atoms with Gasteiger partial charge in [-0.2, -0.15) is 0 Å². The van der Waals surface area contributed by atoms with Crippen LogP contribution < -0.4 is 5.32 Å². The molecule has 120 valence electrons. The molecule has 3 amide bonds. The van der Waals surface area contributed by atoms with Crippen molar-refractivity contribution in [2.24, 2.45) is 0 Å². The molecule has 1 aliphatic heterocycles. The molecule has 1 N–H and O–H groups in total. The van der Waals surface area contributed by atoms with E-state index < -0.39 is 0 Å². The topological polar surface area (TPSA) is 81.7 Å². The van der Waals surface area contributed by atoms with Gasteiger partial charge in [0.1, 0.15) is 0 Å². The van der Waals surface area contributed by atoms with E-state index in [2.05, 4.69) is 15.3 Å². The van der Waals surface area contributed by atoms with E-state index in [9.17, 15) is 9.59 Å². The first-order chi connectivity index (χ1) is 10.6. The number of hydrogen-bond acceptors (Lipinski definition) is 5. The van der Waals surface area contributed by atoms with Crippen LogP contribution in [0.5, 0.6) is 0 Å². The number of carbonyl (C=O) groups is 2. The number of amides is 3. The maximum Gasteiger partial charge on any atom is 0.319 e. The highest BCUT2D eigenvalue weighted by Crippen LogP contribution is 2.06. The number of nitrogens with one attached hydrogen (secondary N) is 1. The molecule has 0 saturated carbocycles. The summed E-state index contributed by atoms with van der Waals surface area (Å²) in [7, 11) is 3.47. The molecule has 2 rings (SSSR count). The number of nitrogens with zero attached hydrogens (tertiary/aromatic N) is 5. The molecule has 0 spiro atoms. The first-order valence-corrected chi connectivity index (χ1v) is 7.33. The van der Waals surface area contributed by atoms with E-state index >= 15 is 0 Å². The smallest absolute Gasteiger partial charge is 0.319 e. The second-order valence-electron chi connectivity index (χ2n) is 5.29. The minimum atomic E-state index is -0.00464. The molecule has 0 radical (unpaired) electrons. The molecule has 8 nitrogen and oxygen atoms in total. The molecule has 8 heteroatoms. The normalized spacial score (nSPS) is 14.6. The second kappa shape index (κ2) is 7.58. The average Bonchev–Trinajstić information content (AvgIpc) is 2.55. The molecule has 0 atom stereocenters. The van der Waals surface area contributed by atoms with Crippen LogP contribution in [0.3, 0.4) is 0 Å². The second-order valence-corrected chi connectivity index (χ2v) is 5.29. The number of carbonyl (C=O) groups excluding carboxylic acids is 2. The van der Waals surface area contributed by atoms with Crippen LogP contribution >= 0.6 is 0 Å². The average molecular weight is 306 g/mol. The lowest BCUT2D eigenvalue weighted by atomic mass is 10.3. The number of piperazine rings is 1. The van der Waals surface area contributed by atoms with Gasteiger partial charge < -0.3 is 20.0 Å². The Balaban J connectivity index is 1.70. The highest BCUT2D eigenvalue weighted by atomic mass is 16.2. The summed E-state index contributed by atoms with van der Waals surface area (Å²) >= 11 is 0. The number of hydrogen-bond donors (Lipinski definition) is 1. The molecular weight excluding hydrogens is 284 g/mol. The zero-order valence-corrected chi connectivity index (χ0v) is 13.0. The van der Waals surface area contributed by atoms with Gasteiger partial charge in [-0.25, -0.2) is 14.8 Å². The summed E-state index contributed by atoms with van der Waals surface area (Å²) in [5.74, 6) is 0.608. The molecule has 1 saturated heterocycles. The molecule has 1 aliphatic rings. The minimum Gasteiger partial charge on any atom is -0.354 e. The Morgan fingerprint density at radius 2 is 1.73 bits per heavy atom. The molecule has 1 aromatic heterocycles. The van der Waals surface area contributed by atoms with Gasteiger partial charge in [0, 0.05) is 65.6 Å². The Kier molecular flexibility index (Phi) is 5.51. The minimum absolute atomic E-state index is 0.00464. The van der Waals surface area contributed by atoms with Crippen LogP contribution in [0.1, 0.15) is 6.42 Å². The maximum atomic E-state index is 12.1. The molecule has 0 unspecified atom stereocenters. The SMILES string of the molecule is CN(C)C(=O)N1CCN(C(=O)CCNc2ncccn2)CC1. The molecule has 2 heterocycles. The third-order valence-corrected chi connectivity index (χ3v) is 3.47. The fourth-order valence-electron chi connectivity index (χ4n) is 2.26. The van der Waals surface area contributed by atoms with Gasteiger partial charge in [0.15, 0.2) is 0 Å². The molecule has 1 aromatic rings. The van der Waals surface area contributed by atoms with Crippen molar-refractivity contribution >= 4 is 17.9 Å². The van der Waals surface area contributed by atoms with Gasteiger partial charge in [0.05, 0.1) is 0 Å². The number of anilines is 1.